The lowest BCUT2D eigenvalue weighted by atomic mass is 9.81. The van der Waals surface area contributed by atoms with Gasteiger partial charge in [-0.15, -0.1) is 0 Å². The second kappa shape index (κ2) is 3.58. The van der Waals surface area contributed by atoms with Crippen LogP contribution in [0.3, 0.4) is 0 Å². The molecule has 0 aromatic rings. The van der Waals surface area contributed by atoms with Crippen molar-refractivity contribution in [2.75, 3.05) is 0 Å². The Morgan fingerprint density at radius 1 is 0.714 bits per heavy atom. The Morgan fingerprint density at radius 2 is 1.14 bits per heavy atom. The first-order chi connectivity index (χ1) is 6.79. The first-order valence-electron chi connectivity index (χ1n) is 4.56. The minimum absolute atomic E-state index is 0.00537. The monoisotopic (exact) mass is 186 g/mol. The summed E-state index contributed by atoms with van der Waals surface area (Å²) in [5.74, 6) is -0.612. The molecule has 0 amide bonds. The van der Waals surface area contributed by atoms with Crippen LogP contribution >= 0.6 is 0 Å². The van der Waals surface area contributed by atoms with E-state index < -0.39 is 0 Å². The summed E-state index contributed by atoms with van der Waals surface area (Å²) >= 11 is 0. The normalized spacial score (nSPS) is 30.0. The Morgan fingerprint density at radius 3 is 1.50 bits per heavy atom. The third kappa shape index (κ3) is 1.51. The standard InChI is InChI=1S/C12H10O2/c13-11-7-3-1-5-9(11)10-6-2-4-8-12(10)14/h1-10H/t9-,10-/m0/s1. The average Bonchev–Trinajstić information content (AvgIpc) is 2.20. The van der Waals surface area contributed by atoms with E-state index in [1.54, 1.807) is 24.3 Å². The molecule has 2 rings (SSSR count). The minimum Gasteiger partial charge on any atom is -0.294 e. The summed E-state index contributed by atoms with van der Waals surface area (Å²) in [7, 11) is 0. The summed E-state index contributed by atoms with van der Waals surface area (Å²) in [5, 5.41) is 0. The largest absolute Gasteiger partial charge is 0.294 e. The van der Waals surface area contributed by atoms with Gasteiger partial charge in [-0.05, 0) is 12.2 Å². The van der Waals surface area contributed by atoms with Crippen LogP contribution in [0.5, 0.6) is 0 Å². The Labute approximate surface area is 82.3 Å². The van der Waals surface area contributed by atoms with E-state index in [1.807, 2.05) is 12.2 Å². The lowest BCUT2D eigenvalue weighted by Gasteiger charge is -2.19. The molecule has 2 aliphatic rings. The molecule has 0 N–H and O–H groups in total. The van der Waals surface area contributed by atoms with Crippen LogP contribution in [0.25, 0.3) is 0 Å². The van der Waals surface area contributed by atoms with Crippen LogP contribution in [0, 0.1) is 11.8 Å². The van der Waals surface area contributed by atoms with Crippen molar-refractivity contribution in [3.63, 3.8) is 0 Å². The van der Waals surface area contributed by atoms with Gasteiger partial charge in [-0.25, -0.2) is 0 Å². The summed E-state index contributed by atoms with van der Waals surface area (Å²) in [4.78, 5) is 23.0. The number of hydrogen-bond donors (Lipinski definition) is 0. The molecule has 2 aliphatic carbocycles. The molecule has 0 aliphatic heterocycles. The van der Waals surface area contributed by atoms with Crippen molar-refractivity contribution in [1.82, 2.24) is 0 Å². The molecule has 14 heavy (non-hydrogen) atoms. The van der Waals surface area contributed by atoms with Crippen LogP contribution in [0.4, 0.5) is 0 Å². The summed E-state index contributed by atoms with van der Waals surface area (Å²) in [6.45, 7) is 0. The van der Waals surface area contributed by atoms with Crippen LogP contribution in [0.1, 0.15) is 0 Å². The Balaban J connectivity index is 2.23. The predicted octanol–water partition coefficient (Wildman–Crippen LogP) is 1.61. The highest BCUT2D eigenvalue weighted by molar-refractivity contribution is 6.02. The lowest BCUT2D eigenvalue weighted by Crippen LogP contribution is -2.27. The third-order valence-corrected chi connectivity index (χ3v) is 2.42. The lowest BCUT2D eigenvalue weighted by molar-refractivity contribution is -0.124. The van der Waals surface area contributed by atoms with Gasteiger partial charge in [0.2, 0.25) is 0 Å². The quantitative estimate of drug-likeness (QED) is 0.623. The zero-order chi connectivity index (χ0) is 9.97. The maximum Gasteiger partial charge on any atom is 0.163 e. The van der Waals surface area contributed by atoms with Gasteiger partial charge in [0.25, 0.3) is 0 Å². The molecule has 2 heteroatoms. The maximum atomic E-state index is 11.5. The van der Waals surface area contributed by atoms with Gasteiger partial charge in [0.05, 0.1) is 11.8 Å². The highest BCUT2D eigenvalue weighted by Gasteiger charge is 2.28. The van der Waals surface area contributed by atoms with E-state index in [0.29, 0.717) is 0 Å². The molecule has 0 unspecified atom stereocenters. The molecule has 0 bridgehead atoms. The predicted molar refractivity (Wildman–Crippen MR) is 53.6 cm³/mol. The van der Waals surface area contributed by atoms with E-state index in [1.165, 1.54) is 12.2 Å². The van der Waals surface area contributed by atoms with Crippen molar-refractivity contribution in [3.05, 3.63) is 48.6 Å². The summed E-state index contributed by atoms with van der Waals surface area (Å²) in [6, 6.07) is 0. The van der Waals surface area contributed by atoms with Crippen molar-refractivity contribution in [1.29, 1.82) is 0 Å². The molecule has 0 saturated heterocycles. The number of hydrogen-bond acceptors (Lipinski definition) is 2. The van der Waals surface area contributed by atoms with Crippen LogP contribution < -0.4 is 0 Å². The fourth-order valence-electron chi connectivity index (χ4n) is 1.67. The summed E-state index contributed by atoms with van der Waals surface area (Å²) in [5.41, 5.74) is 0. The average molecular weight is 186 g/mol. The van der Waals surface area contributed by atoms with E-state index in [2.05, 4.69) is 0 Å². The Bertz CT molecular complexity index is 345. The van der Waals surface area contributed by atoms with E-state index in [4.69, 9.17) is 0 Å². The molecule has 0 saturated carbocycles. The van der Waals surface area contributed by atoms with Gasteiger partial charge in [-0.2, -0.15) is 0 Å². The molecular formula is C12H10O2. The Hall–Kier alpha value is -1.70. The van der Waals surface area contributed by atoms with Gasteiger partial charge in [-0.1, -0.05) is 36.5 Å². The zero-order valence-corrected chi connectivity index (χ0v) is 7.59. The topological polar surface area (TPSA) is 34.1 Å². The second-order valence-corrected chi connectivity index (χ2v) is 3.34. The van der Waals surface area contributed by atoms with Crippen LogP contribution in [-0.2, 0) is 9.59 Å². The Kier molecular flexibility index (Phi) is 2.27. The van der Waals surface area contributed by atoms with Crippen LogP contribution in [0.2, 0.25) is 0 Å². The molecule has 0 fully saturated rings. The number of carbonyl (C=O) groups is 2. The fraction of sp³-hybridized carbons (Fsp3) is 0.167. The minimum atomic E-state index is -0.311. The van der Waals surface area contributed by atoms with Crippen molar-refractivity contribution in [2.45, 2.75) is 0 Å². The van der Waals surface area contributed by atoms with Crippen LogP contribution in [-0.4, -0.2) is 11.6 Å². The van der Waals surface area contributed by atoms with Crippen molar-refractivity contribution in [2.24, 2.45) is 11.8 Å². The molecular weight excluding hydrogens is 176 g/mol. The highest BCUT2D eigenvalue weighted by atomic mass is 16.1. The van der Waals surface area contributed by atoms with E-state index in [0.717, 1.165) is 0 Å². The summed E-state index contributed by atoms with van der Waals surface area (Å²) < 4.78 is 0. The van der Waals surface area contributed by atoms with Crippen LogP contribution in [0.15, 0.2) is 48.6 Å². The molecule has 2 atom stereocenters. The fourth-order valence-corrected chi connectivity index (χ4v) is 1.67. The van der Waals surface area contributed by atoms with Crippen molar-refractivity contribution >= 4 is 11.6 Å². The molecule has 0 aromatic carbocycles. The first kappa shape index (κ1) is 8.88. The third-order valence-electron chi connectivity index (χ3n) is 2.42. The van der Waals surface area contributed by atoms with Gasteiger partial charge >= 0.3 is 0 Å². The molecule has 0 heterocycles. The van der Waals surface area contributed by atoms with E-state index in [-0.39, 0.29) is 23.4 Å². The molecule has 70 valence electrons. The number of rotatable bonds is 1. The van der Waals surface area contributed by atoms with Crippen molar-refractivity contribution < 1.29 is 9.59 Å². The number of ketones is 2. The maximum absolute atomic E-state index is 11.5. The highest BCUT2D eigenvalue weighted by Crippen LogP contribution is 2.23. The van der Waals surface area contributed by atoms with Gasteiger partial charge in [0, 0.05) is 0 Å². The molecule has 0 spiro atoms. The molecule has 0 radical (unpaired) electrons. The number of allylic oxidation sites excluding steroid dienone is 8. The SMILES string of the molecule is O=C1C=CC=C[C@H]1[C@@H]1C=CC=CC1=O. The van der Waals surface area contributed by atoms with Gasteiger partial charge in [-0.3, -0.25) is 9.59 Å². The number of carbonyl (C=O) groups excluding carboxylic acids is 2. The van der Waals surface area contributed by atoms with Gasteiger partial charge < -0.3 is 0 Å². The zero-order valence-electron chi connectivity index (χ0n) is 7.59. The van der Waals surface area contributed by atoms with Crippen molar-refractivity contribution in [3.8, 4) is 0 Å². The smallest absolute Gasteiger partial charge is 0.163 e. The van der Waals surface area contributed by atoms with Gasteiger partial charge in [0.15, 0.2) is 11.6 Å². The first-order valence-corrected chi connectivity index (χ1v) is 4.56. The van der Waals surface area contributed by atoms with E-state index in [9.17, 15) is 9.59 Å². The molecule has 2 nitrogen and oxygen atoms in total. The second-order valence-electron chi connectivity index (χ2n) is 3.34. The van der Waals surface area contributed by atoms with Gasteiger partial charge in [0.1, 0.15) is 0 Å². The van der Waals surface area contributed by atoms with E-state index >= 15 is 0 Å². The summed E-state index contributed by atoms with van der Waals surface area (Å²) in [6.07, 6.45) is 13.6. The molecule has 0 aromatic heterocycles.